The number of allylic oxidation sites excluding steroid dienone is 6. The highest BCUT2D eigenvalue weighted by atomic mass is 32.2. The van der Waals surface area contributed by atoms with E-state index < -0.39 is 15.7 Å². The van der Waals surface area contributed by atoms with E-state index in [0.29, 0.717) is 93.2 Å². The van der Waals surface area contributed by atoms with E-state index in [1.807, 2.05) is 24.3 Å². The molecule has 0 unspecified atom stereocenters. The van der Waals surface area contributed by atoms with Crippen molar-refractivity contribution in [3.05, 3.63) is 188 Å². The molecule has 0 radical (unpaired) electrons. The largest absolute Gasteiger partial charge is 0.489 e. The van der Waals surface area contributed by atoms with Crippen molar-refractivity contribution >= 4 is 61.7 Å². The van der Waals surface area contributed by atoms with E-state index in [1.165, 1.54) is 28.7 Å². The molecule has 0 atom stereocenters. The Kier molecular flexibility index (Phi) is 18.6. The first-order valence-electron chi connectivity index (χ1n) is 28.8. The summed E-state index contributed by atoms with van der Waals surface area (Å²) in [4.78, 5) is 55.5. The number of nitrogens with one attached hydrogen (secondary N) is 3. The van der Waals surface area contributed by atoms with Crippen LogP contribution in [0.3, 0.4) is 0 Å². The number of Topliss-reactive ketones (excluding diaryl/α,β-unsaturated/α-hetero) is 1. The summed E-state index contributed by atoms with van der Waals surface area (Å²) in [5, 5.41) is 6.14. The van der Waals surface area contributed by atoms with E-state index in [-0.39, 0.29) is 51.9 Å². The lowest BCUT2D eigenvalue weighted by atomic mass is 9.81. The van der Waals surface area contributed by atoms with Gasteiger partial charge in [0.2, 0.25) is 11.6 Å². The lowest BCUT2D eigenvalue weighted by Crippen LogP contribution is -2.28. The first kappa shape index (κ1) is 59.4. The monoisotopic (exact) mass is 1140 g/mol. The normalized spacial score (nSPS) is 16.4. The molecule has 0 spiro atoms. The molecule has 18 heteroatoms. The molecule has 17 nitrogen and oxygen atoms in total. The molecule has 0 saturated carbocycles. The van der Waals surface area contributed by atoms with Crippen LogP contribution < -0.4 is 31.6 Å². The van der Waals surface area contributed by atoms with E-state index in [1.54, 1.807) is 24.3 Å². The average molecular weight is 1140 g/mol. The number of benzene rings is 4. The smallest absolute Gasteiger partial charge is 0.280 e. The number of nitrogens with two attached hydrogens (primary N) is 1. The van der Waals surface area contributed by atoms with E-state index in [9.17, 15) is 27.4 Å². The molecule has 6 aromatic rings. The summed E-state index contributed by atoms with van der Waals surface area (Å²) in [6.07, 6.45) is 16.7. The first-order chi connectivity index (χ1) is 39.8. The van der Waals surface area contributed by atoms with Gasteiger partial charge in [0, 0.05) is 90.1 Å². The quantitative estimate of drug-likeness (QED) is 0.0204. The molecule has 3 aliphatic rings. The zero-order chi connectivity index (χ0) is 58.9. The lowest BCUT2D eigenvalue weighted by Gasteiger charge is -2.27. The molecule has 2 aromatic heterocycles. The summed E-state index contributed by atoms with van der Waals surface area (Å²) in [6.45, 7) is 15.9. The molecule has 4 aromatic carbocycles. The van der Waals surface area contributed by atoms with Gasteiger partial charge in [-0.2, -0.15) is 18.0 Å². The van der Waals surface area contributed by atoms with Gasteiger partial charge in [0.25, 0.3) is 21.6 Å². The standard InChI is InChI=1S/C65H75N9O8S/c1-7-8-11-36-73-53-17-10-9-16-51(53)64(3,4)57(73)33-31-55-59(45(34-38-81-55)24-32-56-65(5,6)52-40-43(2)18-30-54(52)74(56)37-12-13-39-83(78,79)80)82-50-28-20-44(21-29-50)19-27-49(75)15-14-35-67-61(76)46-22-25-47(26-23-46)68-41-48-42-69-60-58(70-48)62(77)72-63(66)71-60/h9-10,16-18,20-26,28-33,40,42H,7-8,11-15,19,27,34-39,41H2,1-6H3,(H5-,66,67,68,69,71,72,76,77,78,79,80)/p+1. The minimum Gasteiger partial charge on any atom is -0.489 e. The van der Waals surface area contributed by atoms with E-state index in [2.05, 4.69) is 148 Å². The van der Waals surface area contributed by atoms with Crippen LogP contribution in [0, 0.1) is 6.92 Å². The van der Waals surface area contributed by atoms with Gasteiger partial charge in [-0.05, 0) is 119 Å². The topological polar surface area (TPSA) is 235 Å². The Hall–Kier alpha value is -8.22. The second-order valence-corrected chi connectivity index (χ2v) is 24.2. The van der Waals surface area contributed by atoms with Gasteiger partial charge in [-0.25, -0.2) is 9.97 Å². The third kappa shape index (κ3) is 14.3. The van der Waals surface area contributed by atoms with Crippen molar-refractivity contribution in [3.63, 3.8) is 0 Å². The summed E-state index contributed by atoms with van der Waals surface area (Å²) in [5.74, 6) is 1.41. The lowest BCUT2D eigenvalue weighted by molar-refractivity contribution is -0.438. The number of amides is 1. The van der Waals surface area contributed by atoms with Crippen molar-refractivity contribution in [2.24, 2.45) is 0 Å². The Balaban J connectivity index is 0.866. The van der Waals surface area contributed by atoms with Crippen molar-refractivity contribution < 1.29 is 36.6 Å². The number of carbonyl (C=O) groups is 2. The van der Waals surface area contributed by atoms with Gasteiger partial charge in [-0.3, -0.25) is 23.9 Å². The SMILES string of the molecule is CCCCC[N+]1=C(/C=C/C2=C(Oc3ccc(CCC(=O)CCCNC(=O)c4ccc(NCc5cnc6nc(N)[nH]c(=O)c6n5)cc4)cc3)C(=C/C=C3/N(CCCCS(=O)(=O)O)c4ccc(C)cc4C3(C)C)/CCO2)C(C)(C)c2ccccc21. The number of fused-ring (bicyclic) bond motifs is 3. The molecule has 0 fully saturated rings. The van der Waals surface area contributed by atoms with Crippen LogP contribution in [0.5, 0.6) is 5.75 Å². The fraction of sp³-hybridized carbons (Fsp3) is 0.369. The molecule has 9 rings (SSSR count). The fourth-order valence-corrected chi connectivity index (χ4v) is 11.7. The van der Waals surface area contributed by atoms with E-state index in [4.69, 9.17) is 15.2 Å². The number of hydrogen-bond acceptors (Lipinski definition) is 13. The van der Waals surface area contributed by atoms with Crippen molar-refractivity contribution in [2.75, 3.05) is 47.9 Å². The number of nitrogen functional groups attached to an aromatic ring is 1. The molecule has 0 saturated heterocycles. The van der Waals surface area contributed by atoms with Crippen LogP contribution >= 0.6 is 0 Å². The number of anilines is 3. The van der Waals surface area contributed by atoms with Crippen LogP contribution in [-0.4, -0.2) is 86.9 Å². The number of nitrogens with zero attached hydrogens (tertiary/aromatic N) is 5. The van der Waals surface area contributed by atoms with Crippen LogP contribution in [0.4, 0.5) is 23.0 Å². The molecule has 83 heavy (non-hydrogen) atoms. The number of H-pyrrole nitrogens is 1. The van der Waals surface area contributed by atoms with Crippen LogP contribution in [0.2, 0.25) is 0 Å². The zero-order valence-corrected chi connectivity index (χ0v) is 49.2. The van der Waals surface area contributed by atoms with Crippen molar-refractivity contribution in [3.8, 4) is 5.75 Å². The predicted octanol–water partition coefficient (Wildman–Crippen LogP) is 11.0. The molecule has 434 valence electrons. The number of rotatable bonds is 25. The van der Waals surface area contributed by atoms with Crippen LogP contribution in [-0.2, 0) is 43.4 Å². The van der Waals surface area contributed by atoms with Gasteiger partial charge in [-0.1, -0.05) is 81.3 Å². The molecular weight excluding hydrogens is 1070 g/mol. The van der Waals surface area contributed by atoms with Gasteiger partial charge in [-0.15, -0.1) is 0 Å². The van der Waals surface area contributed by atoms with Gasteiger partial charge in [0.1, 0.15) is 18.1 Å². The molecule has 6 N–H and O–H groups in total. The van der Waals surface area contributed by atoms with Crippen molar-refractivity contribution in [1.29, 1.82) is 0 Å². The summed E-state index contributed by atoms with van der Waals surface area (Å²) in [6, 6.07) is 30.0. The third-order valence-corrected chi connectivity index (χ3v) is 16.5. The predicted molar refractivity (Wildman–Crippen MR) is 327 cm³/mol. The number of ketones is 1. The van der Waals surface area contributed by atoms with Crippen LogP contribution in [0.15, 0.2) is 149 Å². The third-order valence-electron chi connectivity index (χ3n) is 15.7. The number of unbranched alkanes of at least 4 members (excludes halogenated alkanes) is 3. The maximum atomic E-state index is 13.1. The first-order valence-corrected chi connectivity index (χ1v) is 30.4. The molecule has 0 bridgehead atoms. The highest BCUT2D eigenvalue weighted by Crippen LogP contribution is 2.48. The van der Waals surface area contributed by atoms with Crippen molar-refractivity contribution in [2.45, 2.75) is 123 Å². The van der Waals surface area contributed by atoms with Crippen LogP contribution in [0.25, 0.3) is 11.2 Å². The Morgan fingerprint density at radius 1 is 0.904 bits per heavy atom. The van der Waals surface area contributed by atoms with Gasteiger partial charge >= 0.3 is 0 Å². The maximum absolute atomic E-state index is 13.1. The zero-order valence-electron chi connectivity index (χ0n) is 48.4. The molecule has 1 amide bonds. The second-order valence-electron chi connectivity index (χ2n) is 22.6. The van der Waals surface area contributed by atoms with E-state index >= 15 is 0 Å². The summed E-state index contributed by atoms with van der Waals surface area (Å²) in [7, 11) is -4.07. The number of aromatic nitrogens is 4. The maximum Gasteiger partial charge on any atom is 0.280 e. The van der Waals surface area contributed by atoms with Gasteiger partial charge in [0.15, 0.2) is 28.4 Å². The minimum absolute atomic E-state index is 0.0289. The number of aryl methyl sites for hydroxylation is 2. The highest BCUT2D eigenvalue weighted by Gasteiger charge is 2.44. The Morgan fingerprint density at radius 2 is 1.69 bits per heavy atom. The summed E-state index contributed by atoms with van der Waals surface area (Å²) >= 11 is 0. The number of ether oxygens (including phenoxy) is 2. The number of para-hydroxylation sites is 1. The minimum atomic E-state index is -4.07. The highest BCUT2D eigenvalue weighted by molar-refractivity contribution is 7.85. The molecule has 5 heterocycles. The van der Waals surface area contributed by atoms with Crippen LogP contribution in [0.1, 0.15) is 131 Å². The Labute approximate surface area is 486 Å². The molecule has 3 aliphatic heterocycles. The second kappa shape index (κ2) is 25.9. The fourth-order valence-electron chi connectivity index (χ4n) is 11.2. The number of carbonyl (C=O) groups excluding carboxylic acids is 2. The number of aromatic amines is 1. The van der Waals surface area contributed by atoms with Crippen molar-refractivity contribution in [1.82, 2.24) is 25.3 Å². The summed E-state index contributed by atoms with van der Waals surface area (Å²) < 4.78 is 48.7. The molecular formula is C65H76N9O8S+. The Morgan fingerprint density at radius 3 is 2.46 bits per heavy atom. The Bertz CT molecular complexity index is 3730. The molecule has 0 aliphatic carbocycles. The van der Waals surface area contributed by atoms with Gasteiger partial charge in [0.05, 0.1) is 36.2 Å². The van der Waals surface area contributed by atoms with Gasteiger partial charge < -0.3 is 30.7 Å². The number of hydrogen-bond donors (Lipinski definition) is 5. The summed E-state index contributed by atoms with van der Waals surface area (Å²) in [5.41, 5.74) is 16.7. The van der Waals surface area contributed by atoms with E-state index in [0.717, 1.165) is 59.6 Å². The average Bonchev–Trinajstić information content (AvgIpc) is 2.45.